The van der Waals surface area contributed by atoms with Gasteiger partial charge < -0.3 is 10.0 Å². The minimum absolute atomic E-state index is 0.00116. The molecule has 1 aromatic carbocycles. The van der Waals surface area contributed by atoms with Gasteiger partial charge in [0.25, 0.3) is 5.91 Å². The third-order valence-electron chi connectivity index (χ3n) is 5.09. The number of carbonyl (C=O) groups excluding carboxylic acids is 1. The molecule has 1 N–H and O–H groups in total. The van der Waals surface area contributed by atoms with E-state index in [-0.39, 0.29) is 23.9 Å². The number of hydrogen-bond donors (Lipinski definition) is 1. The standard InChI is InChI=1S/C19H25N3O2/c1-13-7-8-15(23)12-22(13)19(24)17-6-4-3-5-16(17)18-11-20-9-10-21-14(18)2/h3-6,9-10,13-15,18,23H,7-8,11-12H2,1-2H3. The van der Waals surface area contributed by atoms with Gasteiger partial charge in [-0.2, -0.15) is 0 Å². The van der Waals surface area contributed by atoms with Crippen molar-refractivity contribution in [3.63, 3.8) is 0 Å². The van der Waals surface area contributed by atoms with E-state index in [9.17, 15) is 9.90 Å². The van der Waals surface area contributed by atoms with Crippen molar-refractivity contribution in [3.8, 4) is 0 Å². The number of rotatable bonds is 2. The maximum absolute atomic E-state index is 13.1. The molecule has 128 valence electrons. The summed E-state index contributed by atoms with van der Waals surface area (Å²) in [5, 5.41) is 9.96. The monoisotopic (exact) mass is 327 g/mol. The predicted octanol–water partition coefficient (Wildman–Crippen LogP) is 2.30. The van der Waals surface area contributed by atoms with Gasteiger partial charge in [0, 0.05) is 43.0 Å². The number of amides is 1. The van der Waals surface area contributed by atoms with E-state index in [0.29, 0.717) is 18.7 Å². The molecule has 5 nitrogen and oxygen atoms in total. The SMILES string of the molecule is CC1N=CC=NCC1c1ccccc1C(=O)N1CC(O)CCC1C. The molecular formula is C19H25N3O2. The van der Waals surface area contributed by atoms with Crippen molar-refractivity contribution in [1.82, 2.24) is 4.90 Å². The highest BCUT2D eigenvalue weighted by Crippen LogP contribution is 2.29. The molecule has 1 saturated heterocycles. The highest BCUT2D eigenvalue weighted by Gasteiger charge is 2.31. The van der Waals surface area contributed by atoms with Gasteiger partial charge in [-0.3, -0.25) is 14.8 Å². The van der Waals surface area contributed by atoms with Crippen molar-refractivity contribution in [2.24, 2.45) is 9.98 Å². The summed E-state index contributed by atoms with van der Waals surface area (Å²) in [6, 6.07) is 7.98. The van der Waals surface area contributed by atoms with Crippen LogP contribution in [-0.2, 0) is 0 Å². The van der Waals surface area contributed by atoms with Crippen LogP contribution in [0.25, 0.3) is 0 Å². The van der Waals surface area contributed by atoms with Crippen molar-refractivity contribution in [2.45, 2.75) is 50.8 Å². The van der Waals surface area contributed by atoms with Crippen LogP contribution in [-0.4, -0.2) is 59.6 Å². The van der Waals surface area contributed by atoms with Crippen LogP contribution in [0.2, 0.25) is 0 Å². The molecule has 2 aliphatic rings. The lowest BCUT2D eigenvalue weighted by Crippen LogP contribution is -2.47. The second kappa shape index (κ2) is 7.26. The molecule has 0 saturated carbocycles. The van der Waals surface area contributed by atoms with Crippen molar-refractivity contribution >= 4 is 18.3 Å². The van der Waals surface area contributed by atoms with Gasteiger partial charge >= 0.3 is 0 Å². The molecule has 2 heterocycles. The average molecular weight is 327 g/mol. The van der Waals surface area contributed by atoms with Crippen LogP contribution in [0.1, 0.15) is 48.5 Å². The van der Waals surface area contributed by atoms with E-state index >= 15 is 0 Å². The summed E-state index contributed by atoms with van der Waals surface area (Å²) in [4.78, 5) is 23.8. The third-order valence-corrected chi connectivity index (χ3v) is 5.09. The first-order valence-electron chi connectivity index (χ1n) is 8.67. The summed E-state index contributed by atoms with van der Waals surface area (Å²) < 4.78 is 0. The van der Waals surface area contributed by atoms with E-state index in [1.54, 1.807) is 17.3 Å². The van der Waals surface area contributed by atoms with E-state index in [1.807, 2.05) is 24.3 Å². The molecule has 1 fully saturated rings. The number of carbonyl (C=O) groups is 1. The Kier molecular flexibility index (Phi) is 5.09. The molecule has 0 spiro atoms. The van der Waals surface area contributed by atoms with E-state index < -0.39 is 6.10 Å². The number of likely N-dealkylation sites (tertiary alicyclic amines) is 1. The maximum Gasteiger partial charge on any atom is 0.254 e. The molecule has 3 rings (SSSR count). The summed E-state index contributed by atoms with van der Waals surface area (Å²) in [5.41, 5.74) is 1.71. The molecule has 5 heteroatoms. The predicted molar refractivity (Wildman–Crippen MR) is 96.2 cm³/mol. The average Bonchev–Trinajstić information content (AvgIpc) is 2.81. The highest BCUT2D eigenvalue weighted by molar-refractivity contribution is 6.16. The lowest BCUT2D eigenvalue weighted by atomic mass is 9.88. The van der Waals surface area contributed by atoms with Gasteiger partial charge in [0.05, 0.1) is 12.1 Å². The molecular weight excluding hydrogens is 302 g/mol. The maximum atomic E-state index is 13.1. The first-order valence-corrected chi connectivity index (χ1v) is 8.67. The van der Waals surface area contributed by atoms with Crippen molar-refractivity contribution in [1.29, 1.82) is 0 Å². The Balaban J connectivity index is 1.92. The molecule has 1 amide bonds. The van der Waals surface area contributed by atoms with Crippen LogP contribution >= 0.6 is 0 Å². The molecule has 0 bridgehead atoms. The number of hydrogen-bond acceptors (Lipinski definition) is 4. The van der Waals surface area contributed by atoms with Gasteiger partial charge in [-0.15, -0.1) is 0 Å². The molecule has 4 unspecified atom stereocenters. The summed E-state index contributed by atoms with van der Waals surface area (Å²) in [6.45, 7) is 5.15. The Morgan fingerprint density at radius 3 is 2.83 bits per heavy atom. The fraction of sp³-hybridized carbons (Fsp3) is 0.526. The minimum Gasteiger partial charge on any atom is -0.391 e. The Hall–Kier alpha value is -2.01. The second-order valence-corrected chi connectivity index (χ2v) is 6.78. The molecule has 0 aliphatic carbocycles. The number of nitrogens with zero attached hydrogens (tertiary/aromatic N) is 3. The van der Waals surface area contributed by atoms with Gasteiger partial charge in [-0.25, -0.2) is 0 Å². The first-order chi connectivity index (χ1) is 11.6. The largest absolute Gasteiger partial charge is 0.391 e. The Morgan fingerprint density at radius 2 is 2.00 bits per heavy atom. The normalized spacial score (nSPS) is 30.2. The smallest absolute Gasteiger partial charge is 0.254 e. The molecule has 1 aromatic rings. The van der Waals surface area contributed by atoms with Crippen LogP contribution < -0.4 is 0 Å². The summed E-state index contributed by atoms with van der Waals surface area (Å²) in [6.07, 6.45) is 4.63. The van der Waals surface area contributed by atoms with E-state index in [1.165, 1.54) is 0 Å². The number of aliphatic imine (C=N–C) groups is 2. The molecule has 4 atom stereocenters. The van der Waals surface area contributed by atoms with Crippen LogP contribution in [0.3, 0.4) is 0 Å². The van der Waals surface area contributed by atoms with Crippen LogP contribution in [0.15, 0.2) is 34.3 Å². The first kappa shape index (κ1) is 16.8. The van der Waals surface area contributed by atoms with Crippen molar-refractivity contribution < 1.29 is 9.90 Å². The number of benzene rings is 1. The summed E-state index contributed by atoms with van der Waals surface area (Å²) in [7, 11) is 0. The van der Waals surface area contributed by atoms with Gasteiger partial charge in [-0.05, 0) is 38.3 Å². The van der Waals surface area contributed by atoms with Crippen molar-refractivity contribution in [3.05, 3.63) is 35.4 Å². The fourth-order valence-corrected chi connectivity index (χ4v) is 3.55. The number of aliphatic hydroxyl groups is 1. The third kappa shape index (κ3) is 3.41. The highest BCUT2D eigenvalue weighted by atomic mass is 16.3. The number of β-amino-alcohol motifs (C(OH)–C–C–N with tert-alkyl or cyclic N) is 1. The van der Waals surface area contributed by atoms with Crippen LogP contribution in [0.5, 0.6) is 0 Å². The zero-order chi connectivity index (χ0) is 17.1. The number of aliphatic hydroxyl groups excluding tert-OH is 1. The Bertz CT molecular complexity index is 656. The van der Waals surface area contributed by atoms with Crippen LogP contribution in [0, 0.1) is 0 Å². The van der Waals surface area contributed by atoms with Gasteiger partial charge in [0.15, 0.2) is 0 Å². The Labute approximate surface area is 143 Å². The van der Waals surface area contributed by atoms with Crippen molar-refractivity contribution in [2.75, 3.05) is 13.1 Å². The van der Waals surface area contributed by atoms with Crippen LogP contribution in [0.4, 0.5) is 0 Å². The summed E-state index contributed by atoms with van der Waals surface area (Å²) >= 11 is 0. The zero-order valence-corrected chi connectivity index (χ0v) is 14.3. The van der Waals surface area contributed by atoms with E-state index in [0.717, 1.165) is 18.4 Å². The molecule has 2 aliphatic heterocycles. The van der Waals surface area contributed by atoms with Gasteiger partial charge in [0.2, 0.25) is 0 Å². The van der Waals surface area contributed by atoms with Gasteiger partial charge in [0.1, 0.15) is 0 Å². The van der Waals surface area contributed by atoms with E-state index in [4.69, 9.17) is 0 Å². The fourth-order valence-electron chi connectivity index (χ4n) is 3.55. The number of piperidine rings is 1. The Morgan fingerprint density at radius 1 is 1.21 bits per heavy atom. The zero-order valence-electron chi connectivity index (χ0n) is 14.3. The molecule has 0 radical (unpaired) electrons. The lowest BCUT2D eigenvalue weighted by molar-refractivity contribution is 0.0308. The lowest BCUT2D eigenvalue weighted by Gasteiger charge is -2.37. The van der Waals surface area contributed by atoms with Gasteiger partial charge in [-0.1, -0.05) is 18.2 Å². The topological polar surface area (TPSA) is 65.3 Å². The molecule has 24 heavy (non-hydrogen) atoms. The van der Waals surface area contributed by atoms with E-state index in [2.05, 4.69) is 23.8 Å². The molecule has 0 aromatic heterocycles. The second-order valence-electron chi connectivity index (χ2n) is 6.78. The quantitative estimate of drug-likeness (QED) is 0.906. The summed E-state index contributed by atoms with van der Waals surface area (Å²) in [5.74, 6) is 0.0893. The minimum atomic E-state index is -0.427.